The maximum atomic E-state index is 11.5. The van der Waals surface area contributed by atoms with E-state index in [9.17, 15) is 9.59 Å². The summed E-state index contributed by atoms with van der Waals surface area (Å²) in [6.07, 6.45) is 4.66. The van der Waals surface area contributed by atoms with Crippen molar-refractivity contribution in [3.63, 3.8) is 0 Å². The van der Waals surface area contributed by atoms with Gasteiger partial charge in [0.15, 0.2) is 0 Å². The largest absolute Gasteiger partial charge is 0.480 e. The van der Waals surface area contributed by atoms with Crippen LogP contribution in [-0.2, 0) is 11.2 Å². The van der Waals surface area contributed by atoms with Crippen LogP contribution in [0.4, 0.5) is 4.79 Å². The van der Waals surface area contributed by atoms with E-state index in [4.69, 9.17) is 5.11 Å². The first-order chi connectivity index (χ1) is 8.52. The molecule has 2 amide bonds. The zero-order chi connectivity index (χ0) is 13.5. The number of carbonyl (C=O) groups is 2. The van der Waals surface area contributed by atoms with Crippen molar-refractivity contribution in [3.05, 3.63) is 30.9 Å². The lowest BCUT2D eigenvalue weighted by atomic mass is 10.1. The van der Waals surface area contributed by atoms with Crippen LogP contribution in [0, 0.1) is 0 Å². The van der Waals surface area contributed by atoms with Crippen molar-refractivity contribution in [2.45, 2.75) is 25.4 Å². The second-order valence-corrected chi connectivity index (χ2v) is 3.81. The standard InChI is InChI=1S/C11H16N4O3/c1-3-7(2)14-11(18)15-9(10(16)17)4-8-5-12-6-13-8/h3,5-7,9H,1,4H2,2H3,(H,12,13)(H,16,17)(H2,14,15,18)/t7?,9-/m0/s1. The zero-order valence-electron chi connectivity index (χ0n) is 10.0. The molecule has 0 aliphatic carbocycles. The molecule has 0 aliphatic rings. The lowest BCUT2D eigenvalue weighted by Crippen LogP contribution is -2.49. The number of imidazole rings is 1. The van der Waals surface area contributed by atoms with Crippen LogP contribution in [0.15, 0.2) is 25.2 Å². The van der Waals surface area contributed by atoms with Crippen LogP contribution in [0.5, 0.6) is 0 Å². The summed E-state index contributed by atoms with van der Waals surface area (Å²) in [5, 5.41) is 13.9. The number of carbonyl (C=O) groups excluding carboxylic acids is 1. The molecule has 0 saturated heterocycles. The van der Waals surface area contributed by atoms with Crippen molar-refractivity contribution in [1.82, 2.24) is 20.6 Å². The molecule has 7 nitrogen and oxygen atoms in total. The summed E-state index contributed by atoms with van der Waals surface area (Å²) in [5.41, 5.74) is 0.638. The number of hydrogen-bond donors (Lipinski definition) is 4. The van der Waals surface area contributed by atoms with Gasteiger partial charge in [0.1, 0.15) is 6.04 Å². The first kappa shape index (κ1) is 13.8. The van der Waals surface area contributed by atoms with Gasteiger partial charge in [0.2, 0.25) is 0 Å². The Kier molecular flexibility index (Phi) is 4.91. The number of aliphatic carboxylic acids is 1. The van der Waals surface area contributed by atoms with Gasteiger partial charge in [-0.25, -0.2) is 14.6 Å². The van der Waals surface area contributed by atoms with E-state index in [2.05, 4.69) is 27.2 Å². The Morgan fingerprint density at radius 3 is 2.83 bits per heavy atom. The Bertz CT molecular complexity index is 416. The first-order valence-corrected chi connectivity index (χ1v) is 5.42. The molecule has 0 saturated carbocycles. The van der Waals surface area contributed by atoms with Crippen LogP contribution >= 0.6 is 0 Å². The smallest absolute Gasteiger partial charge is 0.326 e. The summed E-state index contributed by atoms with van der Waals surface area (Å²) in [4.78, 5) is 29.1. The van der Waals surface area contributed by atoms with Crippen LogP contribution in [0.25, 0.3) is 0 Å². The minimum absolute atomic E-state index is 0.144. The zero-order valence-corrected chi connectivity index (χ0v) is 10.0. The number of urea groups is 1. The lowest BCUT2D eigenvalue weighted by molar-refractivity contribution is -0.139. The molecular formula is C11H16N4O3. The molecule has 1 unspecified atom stereocenters. The average Bonchev–Trinajstić information content (AvgIpc) is 2.80. The fraction of sp³-hybridized carbons (Fsp3) is 0.364. The molecule has 0 bridgehead atoms. The third kappa shape index (κ3) is 4.28. The van der Waals surface area contributed by atoms with Crippen molar-refractivity contribution in [1.29, 1.82) is 0 Å². The number of aromatic amines is 1. The molecule has 0 spiro atoms. The van der Waals surface area contributed by atoms with Crippen molar-refractivity contribution in [2.75, 3.05) is 0 Å². The van der Waals surface area contributed by atoms with E-state index in [-0.39, 0.29) is 12.5 Å². The van der Waals surface area contributed by atoms with Gasteiger partial charge in [-0.2, -0.15) is 0 Å². The van der Waals surface area contributed by atoms with E-state index >= 15 is 0 Å². The Hall–Kier alpha value is -2.31. The molecule has 2 atom stereocenters. The summed E-state index contributed by atoms with van der Waals surface area (Å²) >= 11 is 0. The summed E-state index contributed by atoms with van der Waals surface area (Å²) in [6, 6.07) is -1.79. The summed E-state index contributed by atoms with van der Waals surface area (Å²) in [5.74, 6) is -1.11. The van der Waals surface area contributed by atoms with E-state index in [1.807, 2.05) is 0 Å². The maximum Gasteiger partial charge on any atom is 0.326 e. The lowest BCUT2D eigenvalue weighted by Gasteiger charge is -2.16. The Labute approximate surface area is 104 Å². The molecule has 18 heavy (non-hydrogen) atoms. The number of H-pyrrole nitrogens is 1. The number of carboxylic acid groups (broad SMARTS) is 1. The van der Waals surface area contributed by atoms with Crippen molar-refractivity contribution >= 4 is 12.0 Å². The van der Waals surface area contributed by atoms with E-state index in [1.165, 1.54) is 12.5 Å². The van der Waals surface area contributed by atoms with Gasteiger partial charge in [-0.3, -0.25) is 0 Å². The molecule has 4 N–H and O–H groups in total. The van der Waals surface area contributed by atoms with Crippen molar-refractivity contribution < 1.29 is 14.7 Å². The van der Waals surface area contributed by atoms with E-state index in [0.717, 1.165) is 0 Å². The van der Waals surface area contributed by atoms with Crippen molar-refractivity contribution in [3.8, 4) is 0 Å². The van der Waals surface area contributed by atoms with E-state index in [1.54, 1.807) is 13.0 Å². The molecule has 98 valence electrons. The maximum absolute atomic E-state index is 11.5. The molecule has 1 rings (SSSR count). The molecule has 0 aromatic carbocycles. The van der Waals surface area contributed by atoms with Gasteiger partial charge >= 0.3 is 12.0 Å². The third-order valence-electron chi connectivity index (χ3n) is 2.29. The third-order valence-corrected chi connectivity index (χ3v) is 2.29. The molecule has 0 aliphatic heterocycles. The summed E-state index contributed by atoms with van der Waals surface area (Å²) < 4.78 is 0. The highest BCUT2D eigenvalue weighted by atomic mass is 16.4. The fourth-order valence-corrected chi connectivity index (χ4v) is 1.28. The number of nitrogens with zero attached hydrogens (tertiary/aromatic N) is 1. The van der Waals surface area contributed by atoms with Gasteiger partial charge in [0.05, 0.1) is 6.33 Å². The van der Waals surface area contributed by atoms with Gasteiger partial charge < -0.3 is 20.7 Å². The van der Waals surface area contributed by atoms with E-state index in [0.29, 0.717) is 5.69 Å². The number of aromatic nitrogens is 2. The highest BCUT2D eigenvalue weighted by Gasteiger charge is 2.21. The molecule has 0 radical (unpaired) electrons. The van der Waals surface area contributed by atoms with Crippen molar-refractivity contribution in [2.24, 2.45) is 0 Å². The average molecular weight is 252 g/mol. The topological polar surface area (TPSA) is 107 Å². The second kappa shape index (κ2) is 6.43. The van der Waals surface area contributed by atoms with E-state index < -0.39 is 18.0 Å². The molecule has 1 aromatic rings. The quantitative estimate of drug-likeness (QED) is 0.545. The highest BCUT2D eigenvalue weighted by Crippen LogP contribution is 1.99. The van der Waals surface area contributed by atoms with Gasteiger partial charge in [0, 0.05) is 24.4 Å². The minimum atomic E-state index is -1.11. The number of carboxylic acids is 1. The van der Waals surface area contributed by atoms with Crippen LogP contribution in [0.2, 0.25) is 0 Å². The normalized spacial score (nSPS) is 13.4. The fourth-order valence-electron chi connectivity index (χ4n) is 1.28. The highest BCUT2D eigenvalue weighted by molar-refractivity contribution is 5.82. The predicted octanol–water partition coefficient (Wildman–Crippen LogP) is 0.279. The molecule has 1 heterocycles. The van der Waals surface area contributed by atoms with Crippen LogP contribution < -0.4 is 10.6 Å². The van der Waals surface area contributed by atoms with Gasteiger partial charge in [-0.15, -0.1) is 6.58 Å². The Balaban J connectivity index is 2.55. The predicted molar refractivity (Wildman–Crippen MR) is 65.0 cm³/mol. The van der Waals surface area contributed by atoms with Gasteiger partial charge in [0.25, 0.3) is 0 Å². The molecular weight excluding hydrogens is 236 g/mol. The number of hydrogen-bond acceptors (Lipinski definition) is 3. The monoisotopic (exact) mass is 252 g/mol. The van der Waals surface area contributed by atoms with Crippen LogP contribution in [0.3, 0.4) is 0 Å². The molecule has 7 heteroatoms. The molecule has 1 aromatic heterocycles. The SMILES string of the molecule is C=CC(C)NC(=O)N[C@@H](Cc1cnc[nH]1)C(=O)O. The Morgan fingerprint density at radius 2 is 2.33 bits per heavy atom. The number of rotatable bonds is 6. The molecule has 0 fully saturated rings. The first-order valence-electron chi connectivity index (χ1n) is 5.42. The second-order valence-electron chi connectivity index (χ2n) is 3.81. The van der Waals surface area contributed by atoms with Crippen LogP contribution in [0.1, 0.15) is 12.6 Å². The van der Waals surface area contributed by atoms with Crippen LogP contribution in [-0.4, -0.2) is 39.2 Å². The number of nitrogens with one attached hydrogen (secondary N) is 3. The minimum Gasteiger partial charge on any atom is -0.480 e. The Morgan fingerprint density at radius 1 is 1.61 bits per heavy atom. The number of amides is 2. The summed E-state index contributed by atoms with van der Waals surface area (Å²) in [6.45, 7) is 5.25. The van der Waals surface area contributed by atoms with Gasteiger partial charge in [-0.1, -0.05) is 6.08 Å². The van der Waals surface area contributed by atoms with Gasteiger partial charge in [-0.05, 0) is 6.92 Å². The summed E-state index contributed by atoms with van der Waals surface area (Å²) in [7, 11) is 0.